The summed E-state index contributed by atoms with van der Waals surface area (Å²) in [5.41, 5.74) is 0.754. The van der Waals surface area contributed by atoms with Crippen LogP contribution in [0, 0.1) is 5.82 Å². The molecular formula is C23H21FN2O7. The van der Waals surface area contributed by atoms with E-state index in [1.54, 1.807) is 12.1 Å². The van der Waals surface area contributed by atoms with Gasteiger partial charge < -0.3 is 29.3 Å². The molecule has 0 saturated carbocycles. The van der Waals surface area contributed by atoms with Crippen molar-refractivity contribution >= 4 is 29.2 Å². The van der Waals surface area contributed by atoms with Gasteiger partial charge in [0.1, 0.15) is 29.7 Å². The van der Waals surface area contributed by atoms with Gasteiger partial charge in [-0.05, 0) is 54.6 Å². The monoisotopic (exact) mass is 456 g/mol. The molecule has 0 aliphatic rings. The summed E-state index contributed by atoms with van der Waals surface area (Å²) >= 11 is 0. The summed E-state index contributed by atoms with van der Waals surface area (Å²) in [7, 11) is 1.43. The van der Waals surface area contributed by atoms with Gasteiger partial charge in [-0.3, -0.25) is 9.59 Å². The third-order valence-electron chi connectivity index (χ3n) is 4.19. The number of anilines is 2. The minimum atomic E-state index is -0.836. The van der Waals surface area contributed by atoms with Crippen molar-refractivity contribution in [3.63, 3.8) is 0 Å². The van der Waals surface area contributed by atoms with Gasteiger partial charge in [0.05, 0.1) is 12.8 Å². The van der Waals surface area contributed by atoms with Gasteiger partial charge >= 0.3 is 5.97 Å². The summed E-state index contributed by atoms with van der Waals surface area (Å²) in [6.07, 6.45) is 0. The lowest BCUT2D eigenvalue weighted by molar-refractivity contribution is -0.119. The van der Waals surface area contributed by atoms with Crippen LogP contribution in [0.15, 0.2) is 59.0 Å². The molecule has 172 valence electrons. The van der Waals surface area contributed by atoms with Gasteiger partial charge in [0.25, 0.3) is 5.91 Å². The number of carbonyl (C=O) groups excluding carboxylic acids is 3. The zero-order valence-electron chi connectivity index (χ0n) is 17.8. The standard InChI is InChI=1S/C23H21FN2O7/c1-14(27)25-16-5-9-20(30-2)19(11-16)26-22(28)13-32-23(29)21-10-8-18(33-21)12-31-17-6-3-15(24)4-7-17/h3-11H,12-13H2,1-2H3,(H,25,27)(H,26,28). The van der Waals surface area contributed by atoms with E-state index >= 15 is 0 Å². The van der Waals surface area contributed by atoms with Crippen LogP contribution >= 0.6 is 0 Å². The molecule has 10 heteroatoms. The molecule has 0 aliphatic heterocycles. The molecule has 1 heterocycles. The highest BCUT2D eigenvalue weighted by atomic mass is 19.1. The molecule has 0 aliphatic carbocycles. The first-order valence-corrected chi connectivity index (χ1v) is 9.73. The Hall–Kier alpha value is -4.34. The maximum Gasteiger partial charge on any atom is 0.374 e. The fourth-order valence-electron chi connectivity index (χ4n) is 2.73. The van der Waals surface area contributed by atoms with E-state index in [0.29, 0.717) is 28.6 Å². The van der Waals surface area contributed by atoms with Crippen molar-refractivity contribution < 1.29 is 37.4 Å². The number of hydrogen-bond donors (Lipinski definition) is 2. The molecule has 2 N–H and O–H groups in total. The number of esters is 1. The number of methoxy groups -OCH3 is 1. The second kappa shape index (κ2) is 10.8. The van der Waals surface area contributed by atoms with Crippen molar-refractivity contribution in [3.8, 4) is 11.5 Å². The van der Waals surface area contributed by atoms with Gasteiger partial charge in [-0.1, -0.05) is 0 Å². The quantitative estimate of drug-likeness (QED) is 0.471. The Bertz CT molecular complexity index is 1140. The van der Waals surface area contributed by atoms with Crippen LogP contribution in [0.25, 0.3) is 0 Å². The maximum atomic E-state index is 12.9. The Kier molecular flexibility index (Phi) is 7.64. The summed E-state index contributed by atoms with van der Waals surface area (Å²) in [6, 6.07) is 13.1. The maximum absolute atomic E-state index is 12.9. The first kappa shape index (κ1) is 23.3. The topological polar surface area (TPSA) is 116 Å². The molecule has 0 fully saturated rings. The number of nitrogens with one attached hydrogen (secondary N) is 2. The molecule has 0 atom stereocenters. The molecule has 0 bridgehead atoms. The van der Waals surface area contributed by atoms with E-state index in [1.807, 2.05) is 0 Å². The zero-order valence-corrected chi connectivity index (χ0v) is 17.8. The third-order valence-corrected chi connectivity index (χ3v) is 4.19. The first-order valence-electron chi connectivity index (χ1n) is 9.73. The summed E-state index contributed by atoms with van der Waals surface area (Å²) in [6.45, 7) is 0.801. The number of amides is 2. The van der Waals surface area contributed by atoms with Crippen molar-refractivity contribution in [2.45, 2.75) is 13.5 Å². The van der Waals surface area contributed by atoms with Crippen LogP contribution in [0.5, 0.6) is 11.5 Å². The van der Waals surface area contributed by atoms with Crippen molar-refractivity contribution in [2.75, 3.05) is 24.4 Å². The van der Waals surface area contributed by atoms with E-state index in [1.165, 1.54) is 56.5 Å². The number of rotatable bonds is 9. The second-order valence-electron chi connectivity index (χ2n) is 6.73. The van der Waals surface area contributed by atoms with E-state index in [0.717, 1.165) is 0 Å². The van der Waals surface area contributed by atoms with Crippen molar-refractivity contribution in [1.82, 2.24) is 0 Å². The van der Waals surface area contributed by atoms with Gasteiger partial charge in [-0.25, -0.2) is 9.18 Å². The fraction of sp³-hybridized carbons (Fsp3) is 0.174. The van der Waals surface area contributed by atoms with Gasteiger partial charge in [-0.2, -0.15) is 0 Å². The van der Waals surface area contributed by atoms with Gasteiger partial charge in [0, 0.05) is 12.6 Å². The van der Waals surface area contributed by atoms with Crippen LogP contribution in [-0.4, -0.2) is 31.5 Å². The highest BCUT2D eigenvalue weighted by Gasteiger charge is 2.16. The Morgan fingerprint density at radius 2 is 1.76 bits per heavy atom. The van der Waals surface area contributed by atoms with Crippen LogP contribution in [0.4, 0.5) is 15.8 Å². The average Bonchev–Trinajstić information content (AvgIpc) is 3.26. The fourth-order valence-corrected chi connectivity index (χ4v) is 2.73. The molecule has 0 radical (unpaired) electrons. The molecule has 3 rings (SSSR count). The van der Waals surface area contributed by atoms with Crippen LogP contribution in [-0.2, 0) is 20.9 Å². The Labute approximate surface area is 188 Å². The van der Waals surface area contributed by atoms with Crippen LogP contribution in [0.2, 0.25) is 0 Å². The van der Waals surface area contributed by atoms with E-state index in [-0.39, 0.29) is 24.1 Å². The number of furan rings is 1. The molecule has 1 aromatic heterocycles. The lowest BCUT2D eigenvalue weighted by atomic mass is 10.2. The lowest BCUT2D eigenvalue weighted by Gasteiger charge is -2.12. The Morgan fingerprint density at radius 1 is 1.00 bits per heavy atom. The average molecular weight is 456 g/mol. The number of carbonyl (C=O) groups is 3. The Morgan fingerprint density at radius 3 is 2.45 bits per heavy atom. The number of hydrogen-bond acceptors (Lipinski definition) is 7. The van der Waals surface area contributed by atoms with Gasteiger partial charge in [-0.15, -0.1) is 0 Å². The predicted molar refractivity (Wildman–Crippen MR) is 116 cm³/mol. The number of ether oxygens (including phenoxy) is 3. The molecule has 9 nitrogen and oxygen atoms in total. The van der Waals surface area contributed by atoms with Crippen LogP contribution in [0.3, 0.4) is 0 Å². The highest BCUT2D eigenvalue weighted by Crippen LogP contribution is 2.28. The lowest BCUT2D eigenvalue weighted by Crippen LogP contribution is -2.21. The number of benzene rings is 2. The summed E-state index contributed by atoms with van der Waals surface area (Å²) in [4.78, 5) is 35.6. The zero-order chi connectivity index (χ0) is 23.8. The van der Waals surface area contributed by atoms with Gasteiger partial charge in [0.2, 0.25) is 11.7 Å². The molecule has 0 spiro atoms. The van der Waals surface area contributed by atoms with Crippen molar-refractivity contribution in [1.29, 1.82) is 0 Å². The largest absolute Gasteiger partial charge is 0.495 e. The van der Waals surface area contributed by atoms with E-state index < -0.39 is 18.5 Å². The van der Waals surface area contributed by atoms with Crippen molar-refractivity contribution in [3.05, 3.63) is 71.9 Å². The molecule has 0 saturated heterocycles. The Balaban J connectivity index is 1.52. The molecule has 2 aromatic carbocycles. The minimum absolute atomic E-state index is 0.0177. The van der Waals surface area contributed by atoms with E-state index in [9.17, 15) is 18.8 Å². The van der Waals surface area contributed by atoms with Crippen LogP contribution in [0.1, 0.15) is 23.2 Å². The van der Waals surface area contributed by atoms with E-state index in [4.69, 9.17) is 18.6 Å². The number of halogens is 1. The summed E-state index contributed by atoms with van der Waals surface area (Å²) in [5, 5.41) is 5.16. The third kappa shape index (κ3) is 6.82. The summed E-state index contributed by atoms with van der Waals surface area (Å²) < 4.78 is 33.9. The molecular weight excluding hydrogens is 435 g/mol. The summed E-state index contributed by atoms with van der Waals surface area (Å²) in [5.74, 6) is -1.07. The van der Waals surface area contributed by atoms with Crippen molar-refractivity contribution in [2.24, 2.45) is 0 Å². The van der Waals surface area contributed by atoms with Crippen LogP contribution < -0.4 is 20.1 Å². The normalized spacial score (nSPS) is 10.3. The minimum Gasteiger partial charge on any atom is -0.495 e. The van der Waals surface area contributed by atoms with Gasteiger partial charge in [0.15, 0.2) is 6.61 Å². The molecule has 0 unspecified atom stereocenters. The van der Waals surface area contributed by atoms with E-state index in [2.05, 4.69) is 10.6 Å². The smallest absolute Gasteiger partial charge is 0.374 e. The molecule has 2 amide bonds. The second-order valence-corrected chi connectivity index (χ2v) is 6.73. The molecule has 33 heavy (non-hydrogen) atoms. The SMILES string of the molecule is COc1ccc(NC(C)=O)cc1NC(=O)COC(=O)c1ccc(COc2ccc(F)cc2)o1. The highest BCUT2D eigenvalue weighted by molar-refractivity contribution is 5.97. The first-order chi connectivity index (χ1) is 15.8. The predicted octanol–water partition coefficient (Wildman–Crippen LogP) is 3.76. The molecule has 3 aromatic rings.